The normalized spacial score (nSPS) is 11.4. The second-order valence-electron chi connectivity index (χ2n) is 7.20. The van der Waals surface area contributed by atoms with Crippen LogP contribution in [0.15, 0.2) is 12.7 Å². The molecule has 0 aromatic heterocycles. The van der Waals surface area contributed by atoms with E-state index in [0.29, 0.717) is 25.4 Å². The van der Waals surface area contributed by atoms with Gasteiger partial charge in [-0.15, -0.1) is 0 Å². The Morgan fingerprint density at radius 1 is 0.960 bits per heavy atom. The van der Waals surface area contributed by atoms with Crippen LogP contribution in [0.25, 0.3) is 0 Å². The molecule has 0 N–H and O–H groups in total. The molecule has 0 spiro atoms. The Bertz CT molecular complexity index is 377. The van der Waals surface area contributed by atoms with E-state index in [9.17, 15) is 9.59 Å². The van der Waals surface area contributed by atoms with Gasteiger partial charge in [-0.25, -0.2) is 0 Å². The fraction of sp³-hybridized carbons (Fsp3) is 0.810. The van der Waals surface area contributed by atoms with Crippen LogP contribution >= 0.6 is 0 Å². The number of unbranched alkanes of at least 4 members (excludes halogenated alkanes) is 4. The van der Waals surface area contributed by atoms with E-state index in [1.54, 1.807) is 0 Å². The van der Waals surface area contributed by atoms with Gasteiger partial charge in [0.15, 0.2) is 5.41 Å². The molecule has 4 nitrogen and oxygen atoms in total. The molecule has 0 radical (unpaired) electrons. The maximum Gasteiger partial charge on any atom is 0.323 e. The molecule has 0 aromatic carbocycles. The van der Waals surface area contributed by atoms with Gasteiger partial charge in [0.25, 0.3) is 0 Å². The lowest BCUT2D eigenvalue weighted by Gasteiger charge is -2.29. The third kappa shape index (κ3) is 9.08. The smallest absolute Gasteiger partial charge is 0.323 e. The Morgan fingerprint density at radius 3 is 1.92 bits per heavy atom. The average molecular weight is 355 g/mol. The Morgan fingerprint density at radius 2 is 1.48 bits per heavy atom. The molecule has 0 aliphatic carbocycles. The first-order chi connectivity index (χ1) is 11.9. The maximum absolute atomic E-state index is 12.9. The van der Waals surface area contributed by atoms with Crippen molar-refractivity contribution in [2.45, 2.75) is 85.5 Å². The van der Waals surface area contributed by atoms with Crippen LogP contribution in [0.2, 0.25) is 0 Å². The van der Waals surface area contributed by atoms with Crippen molar-refractivity contribution in [2.24, 2.45) is 11.3 Å². The molecule has 0 unspecified atom stereocenters. The quantitative estimate of drug-likeness (QED) is 0.170. The molecule has 0 aliphatic rings. The number of hydrogen-bond acceptors (Lipinski definition) is 4. The molecule has 4 heteroatoms. The van der Waals surface area contributed by atoms with Crippen LogP contribution < -0.4 is 0 Å². The van der Waals surface area contributed by atoms with Gasteiger partial charge in [0.2, 0.25) is 0 Å². The van der Waals surface area contributed by atoms with E-state index < -0.39 is 17.4 Å². The van der Waals surface area contributed by atoms with E-state index in [1.807, 2.05) is 0 Å². The Labute approximate surface area is 154 Å². The second kappa shape index (κ2) is 13.9. The van der Waals surface area contributed by atoms with Crippen LogP contribution in [-0.4, -0.2) is 25.2 Å². The molecule has 0 rings (SSSR count). The van der Waals surface area contributed by atoms with Crippen molar-refractivity contribution in [1.29, 1.82) is 0 Å². The van der Waals surface area contributed by atoms with Gasteiger partial charge in [0.1, 0.15) is 6.61 Å². The van der Waals surface area contributed by atoms with Gasteiger partial charge in [-0.2, -0.15) is 0 Å². The molecule has 0 aromatic rings. The van der Waals surface area contributed by atoms with Crippen LogP contribution in [0.5, 0.6) is 0 Å². The molecule has 0 amide bonds. The average Bonchev–Trinajstić information content (AvgIpc) is 2.58. The summed E-state index contributed by atoms with van der Waals surface area (Å²) in [6.07, 6.45) is 9.04. The van der Waals surface area contributed by atoms with Gasteiger partial charge < -0.3 is 9.47 Å². The fourth-order valence-corrected chi connectivity index (χ4v) is 2.77. The zero-order chi connectivity index (χ0) is 19.1. The van der Waals surface area contributed by atoms with E-state index in [2.05, 4.69) is 34.3 Å². The molecule has 0 heterocycles. The topological polar surface area (TPSA) is 52.6 Å². The third-order valence-electron chi connectivity index (χ3n) is 4.46. The lowest BCUT2D eigenvalue weighted by molar-refractivity contribution is -0.173. The van der Waals surface area contributed by atoms with Crippen molar-refractivity contribution in [2.75, 3.05) is 13.2 Å². The highest BCUT2D eigenvalue weighted by Crippen LogP contribution is 2.35. The summed E-state index contributed by atoms with van der Waals surface area (Å²) in [4.78, 5) is 25.7. The summed E-state index contributed by atoms with van der Waals surface area (Å²) in [5.41, 5.74) is -1.16. The highest BCUT2D eigenvalue weighted by atomic mass is 16.6. The number of carbonyl (C=O) groups excluding carboxylic acids is 2. The number of esters is 2. The van der Waals surface area contributed by atoms with E-state index in [1.165, 1.54) is 6.08 Å². The van der Waals surface area contributed by atoms with Gasteiger partial charge >= 0.3 is 11.9 Å². The molecule has 0 saturated carbocycles. The van der Waals surface area contributed by atoms with Crippen molar-refractivity contribution < 1.29 is 19.1 Å². The number of rotatable bonds is 15. The van der Waals surface area contributed by atoms with Crippen molar-refractivity contribution >= 4 is 11.9 Å². The van der Waals surface area contributed by atoms with Gasteiger partial charge in [-0.05, 0) is 25.2 Å². The van der Waals surface area contributed by atoms with Gasteiger partial charge in [-0.3, -0.25) is 9.59 Å². The van der Waals surface area contributed by atoms with Crippen LogP contribution in [-0.2, 0) is 19.1 Å². The highest BCUT2D eigenvalue weighted by molar-refractivity contribution is 6.00. The van der Waals surface area contributed by atoms with E-state index in [0.717, 1.165) is 44.9 Å². The molecule has 0 atom stereocenters. The first-order valence-corrected chi connectivity index (χ1v) is 9.89. The highest BCUT2D eigenvalue weighted by Gasteiger charge is 2.47. The summed E-state index contributed by atoms with van der Waals surface area (Å²) in [5, 5.41) is 0. The lowest BCUT2D eigenvalue weighted by atomic mass is 9.77. The summed E-state index contributed by atoms with van der Waals surface area (Å²) < 4.78 is 10.8. The number of hydrogen-bond donors (Lipinski definition) is 0. The minimum absolute atomic E-state index is 0.126. The zero-order valence-electron chi connectivity index (χ0n) is 16.8. The summed E-state index contributed by atoms with van der Waals surface area (Å²) in [6, 6.07) is 0. The third-order valence-corrected chi connectivity index (χ3v) is 4.46. The van der Waals surface area contributed by atoms with Gasteiger partial charge in [0, 0.05) is 0 Å². The van der Waals surface area contributed by atoms with Gasteiger partial charge in [-0.1, -0.05) is 78.9 Å². The van der Waals surface area contributed by atoms with Crippen LogP contribution in [0.3, 0.4) is 0 Å². The second-order valence-corrected chi connectivity index (χ2v) is 7.20. The molecule has 25 heavy (non-hydrogen) atoms. The van der Waals surface area contributed by atoms with Gasteiger partial charge in [0.05, 0.1) is 6.61 Å². The van der Waals surface area contributed by atoms with E-state index in [-0.39, 0.29) is 6.61 Å². The lowest BCUT2D eigenvalue weighted by Crippen LogP contribution is -2.42. The molecule has 0 fully saturated rings. The molecule has 146 valence electrons. The predicted octanol–water partition coefficient (Wildman–Crippen LogP) is 5.45. The number of ether oxygens (including phenoxy) is 2. The van der Waals surface area contributed by atoms with E-state index in [4.69, 9.17) is 9.47 Å². The molecule has 0 bridgehead atoms. The van der Waals surface area contributed by atoms with Crippen molar-refractivity contribution in [3.8, 4) is 0 Å². The summed E-state index contributed by atoms with van der Waals surface area (Å²) >= 11 is 0. The summed E-state index contributed by atoms with van der Waals surface area (Å²) in [6.45, 7) is 12.5. The largest absolute Gasteiger partial charge is 0.465 e. The predicted molar refractivity (Wildman–Crippen MR) is 102 cm³/mol. The monoisotopic (exact) mass is 354 g/mol. The minimum Gasteiger partial charge on any atom is -0.465 e. The van der Waals surface area contributed by atoms with Crippen LogP contribution in [0.1, 0.15) is 85.5 Å². The maximum atomic E-state index is 12.9. The van der Waals surface area contributed by atoms with Crippen molar-refractivity contribution in [3.05, 3.63) is 12.7 Å². The van der Waals surface area contributed by atoms with Crippen molar-refractivity contribution in [1.82, 2.24) is 0 Å². The SMILES string of the molecule is C=CCOC(=O)C(CCCCC)(CCCCC)C(=O)OCCC(C)C. The molecular formula is C21H38O4. The Kier molecular flexibility index (Phi) is 13.2. The fourth-order valence-electron chi connectivity index (χ4n) is 2.77. The summed E-state index contributed by atoms with van der Waals surface area (Å²) in [5.74, 6) is -0.404. The van der Waals surface area contributed by atoms with Crippen molar-refractivity contribution in [3.63, 3.8) is 0 Å². The Hall–Kier alpha value is -1.32. The van der Waals surface area contributed by atoms with Crippen LogP contribution in [0, 0.1) is 11.3 Å². The Balaban J connectivity index is 5.26. The minimum atomic E-state index is -1.16. The first kappa shape index (κ1) is 23.7. The van der Waals surface area contributed by atoms with Crippen LogP contribution in [0.4, 0.5) is 0 Å². The molecule has 0 aliphatic heterocycles. The standard InChI is InChI=1S/C21H38O4/c1-6-9-11-14-21(15-12-10-7-2,19(22)24-16-8-3)20(23)25-17-13-18(4)5/h8,18H,3,6-7,9-17H2,1-2,4-5H3. The van der Waals surface area contributed by atoms with E-state index >= 15 is 0 Å². The zero-order valence-corrected chi connectivity index (χ0v) is 16.8. The molecular weight excluding hydrogens is 316 g/mol. The molecule has 0 saturated heterocycles. The summed E-state index contributed by atoms with van der Waals surface area (Å²) in [7, 11) is 0. The number of carbonyl (C=O) groups is 2. The first-order valence-electron chi connectivity index (χ1n) is 9.89.